The molecule has 4 aromatic rings. The van der Waals surface area contributed by atoms with Gasteiger partial charge in [0.1, 0.15) is 11.6 Å². The van der Waals surface area contributed by atoms with Crippen molar-refractivity contribution in [3.63, 3.8) is 0 Å². The lowest BCUT2D eigenvalue weighted by molar-refractivity contribution is 0.0717. The van der Waals surface area contributed by atoms with Crippen molar-refractivity contribution in [2.24, 2.45) is 0 Å². The van der Waals surface area contributed by atoms with E-state index in [0.717, 1.165) is 6.42 Å². The lowest BCUT2D eigenvalue weighted by Crippen LogP contribution is -2.36. The fraction of sp³-hybridized carbons (Fsp3) is 0.250. The van der Waals surface area contributed by atoms with Crippen molar-refractivity contribution in [3.05, 3.63) is 100 Å². The normalized spacial score (nSPS) is 11.9. The molecule has 0 bridgehead atoms. The van der Waals surface area contributed by atoms with Crippen LogP contribution in [0.25, 0.3) is 16.6 Å². The highest BCUT2D eigenvalue weighted by molar-refractivity contribution is 5.94. The first-order chi connectivity index (χ1) is 16.5. The number of carbonyl (C=O) groups excluding carboxylic acids is 1. The van der Waals surface area contributed by atoms with E-state index in [2.05, 4.69) is 6.92 Å². The molecule has 174 valence electrons. The Hall–Kier alpha value is -3.93. The van der Waals surface area contributed by atoms with Crippen LogP contribution in [0.4, 0.5) is 0 Å². The van der Waals surface area contributed by atoms with E-state index in [1.807, 2.05) is 73.7 Å². The van der Waals surface area contributed by atoms with Crippen LogP contribution in [0.1, 0.15) is 48.1 Å². The Morgan fingerprint density at radius 3 is 2.35 bits per heavy atom. The maximum Gasteiger partial charge on any atom is 0.266 e. The van der Waals surface area contributed by atoms with Gasteiger partial charge in [-0.05, 0) is 54.8 Å². The Morgan fingerprint density at radius 2 is 1.68 bits per heavy atom. The van der Waals surface area contributed by atoms with Gasteiger partial charge in [0.05, 0.1) is 29.7 Å². The Balaban J connectivity index is 1.90. The van der Waals surface area contributed by atoms with Gasteiger partial charge in [-0.3, -0.25) is 14.2 Å². The van der Waals surface area contributed by atoms with Gasteiger partial charge in [-0.2, -0.15) is 0 Å². The minimum Gasteiger partial charge on any atom is -0.495 e. The van der Waals surface area contributed by atoms with Gasteiger partial charge in [-0.15, -0.1) is 0 Å². The quantitative estimate of drug-likeness (QED) is 0.385. The first kappa shape index (κ1) is 23.2. The minimum absolute atomic E-state index is 0.122. The highest BCUT2D eigenvalue weighted by Crippen LogP contribution is 2.29. The van der Waals surface area contributed by atoms with Gasteiger partial charge in [-0.1, -0.05) is 50.2 Å². The van der Waals surface area contributed by atoms with Crippen LogP contribution in [-0.4, -0.2) is 34.5 Å². The number of amides is 1. The minimum atomic E-state index is -0.430. The zero-order chi connectivity index (χ0) is 24.2. The summed E-state index contributed by atoms with van der Waals surface area (Å²) < 4.78 is 7.15. The summed E-state index contributed by atoms with van der Waals surface area (Å²) in [4.78, 5) is 33.7. The van der Waals surface area contributed by atoms with Gasteiger partial charge in [0.2, 0.25) is 0 Å². The summed E-state index contributed by atoms with van der Waals surface area (Å²) in [7, 11) is 3.34. The van der Waals surface area contributed by atoms with Gasteiger partial charge in [0.25, 0.3) is 11.5 Å². The fourth-order valence-corrected chi connectivity index (χ4v) is 4.28. The zero-order valence-electron chi connectivity index (χ0n) is 20.0. The number of carbonyl (C=O) groups is 1. The third kappa shape index (κ3) is 4.19. The fourth-order valence-electron chi connectivity index (χ4n) is 4.28. The topological polar surface area (TPSA) is 64.4 Å². The summed E-state index contributed by atoms with van der Waals surface area (Å²) in [6.45, 7) is 4.07. The van der Waals surface area contributed by atoms with Crippen LogP contribution >= 0.6 is 0 Å². The van der Waals surface area contributed by atoms with Crippen LogP contribution in [0.3, 0.4) is 0 Å². The molecule has 34 heavy (non-hydrogen) atoms. The van der Waals surface area contributed by atoms with E-state index < -0.39 is 6.04 Å². The average molecular weight is 456 g/mol. The Bertz CT molecular complexity index is 1380. The van der Waals surface area contributed by atoms with Gasteiger partial charge in [0.15, 0.2) is 0 Å². The van der Waals surface area contributed by atoms with E-state index in [-0.39, 0.29) is 11.5 Å². The summed E-state index contributed by atoms with van der Waals surface area (Å²) in [5.74, 6) is 0.933. The molecule has 0 aliphatic carbocycles. The first-order valence-electron chi connectivity index (χ1n) is 11.5. The number of hydrogen-bond donors (Lipinski definition) is 0. The molecule has 1 atom stereocenters. The molecule has 0 fully saturated rings. The Kier molecular flexibility index (Phi) is 6.77. The molecule has 1 amide bonds. The number of ether oxygens (including phenoxy) is 1. The zero-order valence-corrected chi connectivity index (χ0v) is 20.0. The van der Waals surface area contributed by atoms with E-state index in [1.54, 1.807) is 29.7 Å². The number of benzene rings is 3. The third-order valence-corrected chi connectivity index (χ3v) is 6.21. The molecule has 3 aromatic carbocycles. The van der Waals surface area contributed by atoms with Crippen molar-refractivity contribution >= 4 is 16.8 Å². The molecule has 1 heterocycles. The van der Waals surface area contributed by atoms with Crippen molar-refractivity contribution in [1.82, 2.24) is 14.5 Å². The molecule has 1 aromatic heterocycles. The predicted molar refractivity (Wildman–Crippen MR) is 135 cm³/mol. The van der Waals surface area contributed by atoms with Crippen molar-refractivity contribution in [2.75, 3.05) is 14.2 Å². The van der Waals surface area contributed by atoms with E-state index >= 15 is 0 Å². The molecule has 6 nitrogen and oxygen atoms in total. The van der Waals surface area contributed by atoms with E-state index in [1.165, 1.54) is 5.56 Å². The first-order valence-corrected chi connectivity index (χ1v) is 11.5. The number of hydrogen-bond acceptors (Lipinski definition) is 4. The molecular formula is C28H29N3O3. The lowest BCUT2D eigenvalue weighted by atomic mass is 10.1. The molecule has 0 spiro atoms. The molecule has 4 rings (SSSR count). The van der Waals surface area contributed by atoms with Crippen LogP contribution < -0.4 is 10.3 Å². The van der Waals surface area contributed by atoms with Crippen LogP contribution in [0.5, 0.6) is 5.75 Å². The van der Waals surface area contributed by atoms with Crippen LogP contribution in [0.2, 0.25) is 0 Å². The summed E-state index contributed by atoms with van der Waals surface area (Å²) in [6.07, 6.45) is 1.49. The molecule has 0 radical (unpaired) electrons. The second kappa shape index (κ2) is 9.91. The maximum absolute atomic E-state index is 13.7. The molecule has 0 aliphatic heterocycles. The summed E-state index contributed by atoms with van der Waals surface area (Å²) in [5.41, 5.74) is 2.77. The number of nitrogens with zero attached hydrogens (tertiary/aromatic N) is 3. The van der Waals surface area contributed by atoms with Gasteiger partial charge in [0, 0.05) is 12.6 Å². The summed E-state index contributed by atoms with van der Waals surface area (Å²) in [6, 6.07) is 21.9. The number of aromatic nitrogens is 2. The SMILES string of the molecule is CCc1ccc(C(=O)N(C)C(CC)c2nc3ccccc3c(=O)n2-c2ccccc2OC)cc1. The lowest BCUT2D eigenvalue weighted by Gasteiger charge is -2.29. The third-order valence-electron chi connectivity index (χ3n) is 6.21. The van der Waals surface area contributed by atoms with Gasteiger partial charge in [-0.25, -0.2) is 4.98 Å². The maximum atomic E-state index is 13.7. The molecule has 0 N–H and O–H groups in total. The summed E-state index contributed by atoms with van der Waals surface area (Å²) in [5, 5.41) is 0.510. The molecule has 6 heteroatoms. The molecule has 1 unspecified atom stereocenters. The monoisotopic (exact) mass is 455 g/mol. The second-order valence-electron chi connectivity index (χ2n) is 8.19. The van der Waals surface area contributed by atoms with Crippen molar-refractivity contribution in [1.29, 1.82) is 0 Å². The van der Waals surface area contributed by atoms with E-state index in [9.17, 15) is 9.59 Å². The predicted octanol–water partition coefficient (Wildman–Crippen LogP) is 5.18. The Morgan fingerprint density at radius 1 is 1.00 bits per heavy atom. The Labute approximate surface area is 199 Å². The van der Waals surface area contributed by atoms with Gasteiger partial charge < -0.3 is 9.64 Å². The second-order valence-corrected chi connectivity index (χ2v) is 8.19. The number of methoxy groups -OCH3 is 1. The highest BCUT2D eigenvalue weighted by Gasteiger charge is 2.28. The standard InChI is InChI=1S/C28H29N3O3/c1-5-19-15-17-20(18-16-19)27(32)30(3)23(6-2)26-29-22-12-8-7-11-21(22)28(33)31(26)24-13-9-10-14-25(24)34-4/h7-18,23H,5-6H2,1-4H3. The number of fused-ring (bicyclic) bond motifs is 1. The number of rotatable bonds is 7. The molecular weight excluding hydrogens is 426 g/mol. The molecule has 0 saturated heterocycles. The number of para-hydroxylation sites is 3. The highest BCUT2D eigenvalue weighted by atomic mass is 16.5. The molecule has 0 saturated carbocycles. The van der Waals surface area contributed by atoms with Crippen LogP contribution in [0.15, 0.2) is 77.6 Å². The average Bonchev–Trinajstić information content (AvgIpc) is 2.89. The van der Waals surface area contributed by atoms with Crippen LogP contribution in [0, 0.1) is 0 Å². The smallest absolute Gasteiger partial charge is 0.266 e. The number of aryl methyl sites for hydroxylation is 1. The molecule has 0 aliphatic rings. The van der Waals surface area contributed by atoms with Crippen molar-refractivity contribution < 1.29 is 9.53 Å². The van der Waals surface area contributed by atoms with E-state index in [0.29, 0.717) is 40.1 Å². The van der Waals surface area contributed by atoms with Crippen molar-refractivity contribution in [2.45, 2.75) is 32.7 Å². The van der Waals surface area contributed by atoms with Crippen LogP contribution in [-0.2, 0) is 6.42 Å². The van der Waals surface area contributed by atoms with Gasteiger partial charge >= 0.3 is 0 Å². The van der Waals surface area contributed by atoms with E-state index in [4.69, 9.17) is 9.72 Å². The van der Waals surface area contributed by atoms with Crippen molar-refractivity contribution in [3.8, 4) is 11.4 Å². The summed E-state index contributed by atoms with van der Waals surface area (Å²) >= 11 is 0. The largest absolute Gasteiger partial charge is 0.495 e.